The normalized spacial score (nSPS) is 20.2. The van der Waals surface area contributed by atoms with Crippen LogP contribution in [0.3, 0.4) is 0 Å². The first kappa shape index (κ1) is 16.7. The maximum absolute atomic E-state index is 11.6. The number of Topliss-reactive ketones (excluding diaryl/α,β-unsaturated/α-hetero) is 1. The first-order valence-electron chi connectivity index (χ1n) is 8.98. The number of anilines is 1. The van der Waals surface area contributed by atoms with Crippen LogP contribution in [-0.2, 0) is 0 Å². The molecule has 2 aromatic rings. The van der Waals surface area contributed by atoms with E-state index in [-0.39, 0.29) is 17.4 Å². The molecule has 2 aliphatic rings. The highest BCUT2D eigenvalue weighted by atomic mass is 16.6. The van der Waals surface area contributed by atoms with Crippen molar-refractivity contribution in [3.8, 4) is 0 Å². The zero-order chi connectivity index (χ0) is 18.3. The first-order chi connectivity index (χ1) is 12.5. The molecule has 8 nitrogen and oxygen atoms in total. The Morgan fingerprint density at radius 3 is 2.81 bits per heavy atom. The standard InChI is InChI=1S/C18H21N5O3/c1-12(24)13-4-7-16(17(9-13)23(25)26)21-8-2-3-14(10-21)18-20-19-11-22(18)15-5-6-15/h4,7,9,11,14-15H,2-3,5-6,8,10H2,1H3. The minimum atomic E-state index is -0.405. The van der Waals surface area contributed by atoms with Gasteiger partial charge in [-0.25, -0.2) is 0 Å². The zero-order valence-corrected chi connectivity index (χ0v) is 14.7. The van der Waals surface area contributed by atoms with Gasteiger partial charge in [-0.05, 0) is 44.7 Å². The minimum Gasteiger partial charge on any atom is -0.365 e. The van der Waals surface area contributed by atoms with E-state index in [4.69, 9.17) is 0 Å². The lowest BCUT2D eigenvalue weighted by Gasteiger charge is -2.33. The van der Waals surface area contributed by atoms with Crippen LogP contribution >= 0.6 is 0 Å². The van der Waals surface area contributed by atoms with Crippen molar-refractivity contribution in [1.82, 2.24) is 14.8 Å². The van der Waals surface area contributed by atoms with Gasteiger partial charge in [0.1, 0.15) is 17.8 Å². The highest BCUT2D eigenvalue weighted by Gasteiger charge is 2.33. The molecule has 1 aliphatic heterocycles. The topological polar surface area (TPSA) is 94.2 Å². The third-order valence-corrected chi connectivity index (χ3v) is 5.25. The molecule has 1 aromatic heterocycles. The number of nitro groups is 1. The summed E-state index contributed by atoms with van der Waals surface area (Å²) in [5, 5.41) is 20.0. The SMILES string of the molecule is CC(=O)c1ccc(N2CCCC(c3nncn3C3CC3)C2)c([N+](=O)[O-])c1. The van der Waals surface area contributed by atoms with Gasteiger partial charge in [0, 0.05) is 36.7 Å². The molecular weight excluding hydrogens is 334 g/mol. The number of benzene rings is 1. The number of rotatable bonds is 5. The van der Waals surface area contributed by atoms with Gasteiger partial charge >= 0.3 is 0 Å². The largest absolute Gasteiger partial charge is 0.365 e. The van der Waals surface area contributed by atoms with E-state index < -0.39 is 4.92 Å². The minimum absolute atomic E-state index is 0.0120. The molecule has 8 heteroatoms. The zero-order valence-electron chi connectivity index (χ0n) is 14.7. The summed E-state index contributed by atoms with van der Waals surface area (Å²) >= 11 is 0. The maximum Gasteiger partial charge on any atom is 0.293 e. The molecule has 1 unspecified atom stereocenters. The Bertz CT molecular complexity index is 858. The van der Waals surface area contributed by atoms with E-state index in [9.17, 15) is 14.9 Å². The summed E-state index contributed by atoms with van der Waals surface area (Å²) in [6, 6.07) is 5.26. The van der Waals surface area contributed by atoms with E-state index in [2.05, 4.69) is 14.8 Å². The smallest absolute Gasteiger partial charge is 0.293 e. The molecule has 26 heavy (non-hydrogen) atoms. The van der Waals surface area contributed by atoms with Crippen molar-refractivity contribution in [1.29, 1.82) is 0 Å². The molecule has 0 N–H and O–H groups in total. The van der Waals surface area contributed by atoms with Gasteiger partial charge in [-0.1, -0.05) is 0 Å². The molecule has 1 atom stereocenters. The summed E-state index contributed by atoms with van der Waals surface area (Å²) in [7, 11) is 0. The van der Waals surface area contributed by atoms with Crippen LogP contribution in [0.1, 0.15) is 60.7 Å². The lowest BCUT2D eigenvalue weighted by molar-refractivity contribution is -0.384. The molecule has 1 aromatic carbocycles. The summed E-state index contributed by atoms with van der Waals surface area (Å²) in [5.41, 5.74) is 0.923. The third-order valence-electron chi connectivity index (χ3n) is 5.25. The van der Waals surface area contributed by atoms with E-state index in [0.717, 1.165) is 25.2 Å². The van der Waals surface area contributed by atoms with Gasteiger partial charge < -0.3 is 9.47 Å². The molecule has 0 amide bonds. The average Bonchev–Trinajstić information content (AvgIpc) is 3.37. The van der Waals surface area contributed by atoms with Crippen molar-refractivity contribution in [2.45, 2.75) is 44.6 Å². The Kier molecular flexibility index (Phi) is 4.18. The Hall–Kier alpha value is -2.77. The van der Waals surface area contributed by atoms with Gasteiger partial charge in [-0.15, -0.1) is 10.2 Å². The highest BCUT2D eigenvalue weighted by molar-refractivity contribution is 5.95. The van der Waals surface area contributed by atoms with Crippen LogP contribution in [0.15, 0.2) is 24.5 Å². The van der Waals surface area contributed by atoms with Crippen LogP contribution in [0.5, 0.6) is 0 Å². The van der Waals surface area contributed by atoms with Crippen LogP contribution < -0.4 is 4.90 Å². The second kappa shape index (κ2) is 6.51. The van der Waals surface area contributed by atoms with Crippen LogP contribution in [-0.4, -0.2) is 38.6 Å². The molecule has 4 rings (SSSR count). The fourth-order valence-corrected chi connectivity index (χ4v) is 3.74. The molecule has 136 valence electrons. The van der Waals surface area contributed by atoms with Crippen molar-refractivity contribution in [2.75, 3.05) is 18.0 Å². The number of nitrogens with zero attached hydrogens (tertiary/aromatic N) is 5. The fraction of sp³-hybridized carbons (Fsp3) is 0.500. The van der Waals surface area contributed by atoms with E-state index in [0.29, 0.717) is 23.8 Å². The monoisotopic (exact) mass is 355 g/mol. The van der Waals surface area contributed by atoms with Gasteiger partial charge in [0.25, 0.3) is 5.69 Å². The van der Waals surface area contributed by atoms with Gasteiger partial charge in [0.15, 0.2) is 5.78 Å². The van der Waals surface area contributed by atoms with Crippen molar-refractivity contribution in [3.63, 3.8) is 0 Å². The average molecular weight is 355 g/mol. The predicted octanol–water partition coefficient (Wildman–Crippen LogP) is 3.11. The van der Waals surface area contributed by atoms with Gasteiger partial charge in [0.05, 0.1) is 4.92 Å². The summed E-state index contributed by atoms with van der Waals surface area (Å²) in [4.78, 5) is 24.7. The van der Waals surface area contributed by atoms with Crippen molar-refractivity contribution in [3.05, 3.63) is 46.0 Å². The third kappa shape index (κ3) is 3.07. The van der Waals surface area contributed by atoms with E-state index >= 15 is 0 Å². The molecule has 0 bridgehead atoms. The number of hydrogen-bond acceptors (Lipinski definition) is 6. The Morgan fingerprint density at radius 1 is 1.31 bits per heavy atom. The fourth-order valence-electron chi connectivity index (χ4n) is 3.74. The van der Waals surface area contributed by atoms with Crippen LogP contribution in [0.4, 0.5) is 11.4 Å². The Labute approximate surface area is 151 Å². The number of carbonyl (C=O) groups is 1. The molecule has 1 saturated carbocycles. The summed E-state index contributed by atoms with van der Waals surface area (Å²) in [6.45, 7) is 2.85. The molecule has 2 heterocycles. The van der Waals surface area contributed by atoms with Crippen LogP contribution in [0.2, 0.25) is 0 Å². The summed E-state index contributed by atoms with van der Waals surface area (Å²) in [5.74, 6) is 1.02. The summed E-state index contributed by atoms with van der Waals surface area (Å²) < 4.78 is 2.17. The number of hydrogen-bond donors (Lipinski definition) is 0. The van der Waals surface area contributed by atoms with Crippen molar-refractivity contribution in [2.24, 2.45) is 0 Å². The van der Waals surface area contributed by atoms with E-state index in [1.54, 1.807) is 18.5 Å². The number of aromatic nitrogens is 3. The van der Waals surface area contributed by atoms with Gasteiger partial charge in [0.2, 0.25) is 0 Å². The number of piperidine rings is 1. The maximum atomic E-state index is 11.6. The molecular formula is C18H21N5O3. The molecule has 1 saturated heterocycles. The molecule has 2 fully saturated rings. The van der Waals surface area contributed by atoms with Gasteiger partial charge in [-0.2, -0.15) is 0 Å². The van der Waals surface area contributed by atoms with E-state index in [1.807, 2.05) is 4.90 Å². The second-order valence-electron chi connectivity index (χ2n) is 7.13. The second-order valence-corrected chi connectivity index (χ2v) is 7.13. The summed E-state index contributed by atoms with van der Waals surface area (Å²) in [6.07, 6.45) is 6.07. The molecule has 0 spiro atoms. The predicted molar refractivity (Wildman–Crippen MR) is 95.6 cm³/mol. The number of carbonyl (C=O) groups excluding carboxylic acids is 1. The van der Waals surface area contributed by atoms with E-state index in [1.165, 1.54) is 25.8 Å². The van der Waals surface area contributed by atoms with Crippen LogP contribution in [0, 0.1) is 10.1 Å². The first-order valence-corrected chi connectivity index (χ1v) is 8.98. The molecule has 0 radical (unpaired) electrons. The number of nitro benzene ring substituents is 1. The quantitative estimate of drug-likeness (QED) is 0.465. The van der Waals surface area contributed by atoms with Crippen molar-refractivity contribution >= 4 is 17.2 Å². The highest BCUT2D eigenvalue weighted by Crippen LogP contribution is 2.39. The Balaban J connectivity index is 1.62. The Morgan fingerprint density at radius 2 is 2.12 bits per heavy atom. The lowest BCUT2D eigenvalue weighted by Crippen LogP contribution is -2.35. The van der Waals surface area contributed by atoms with Crippen LogP contribution in [0.25, 0.3) is 0 Å². The number of ketones is 1. The van der Waals surface area contributed by atoms with Crippen molar-refractivity contribution < 1.29 is 9.72 Å². The van der Waals surface area contributed by atoms with Gasteiger partial charge in [-0.3, -0.25) is 14.9 Å². The molecule has 1 aliphatic carbocycles. The lowest BCUT2D eigenvalue weighted by atomic mass is 9.96.